The highest BCUT2D eigenvalue weighted by molar-refractivity contribution is 7.80. The summed E-state index contributed by atoms with van der Waals surface area (Å²) in [5, 5.41) is 0. The van der Waals surface area contributed by atoms with Gasteiger partial charge < -0.3 is 10.5 Å². The maximum atomic E-state index is 5.88. The van der Waals surface area contributed by atoms with E-state index in [0.717, 1.165) is 16.9 Å². The van der Waals surface area contributed by atoms with E-state index in [4.69, 9.17) is 22.7 Å². The molecule has 17 heavy (non-hydrogen) atoms. The van der Waals surface area contributed by atoms with Gasteiger partial charge in [-0.05, 0) is 31.9 Å². The fraction of sp³-hybridized carbons (Fsp3) is 0.500. The monoisotopic (exact) mass is 251 g/mol. The van der Waals surface area contributed by atoms with Crippen LogP contribution >= 0.6 is 12.2 Å². The fourth-order valence-electron chi connectivity index (χ4n) is 1.72. The number of aryl methyl sites for hydroxylation is 3. The molecular formula is C14H21NOS. The molecular weight excluding hydrogens is 230 g/mol. The van der Waals surface area contributed by atoms with Crippen LogP contribution in [0.2, 0.25) is 0 Å². The van der Waals surface area contributed by atoms with E-state index in [1.54, 1.807) is 0 Å². The zero-order valence-corrected chi connectivity index (χ0v) is 12.1. The van der Waals surface area contributed by atoms with Crippen molar-refractivity contribution < 1.29 is 4.74 Å². The van der Waals surface area contributed by atoms with Crippen molar-refractivity contribution in [1.82, 2.24) is 0 Å². The molecule has 94 valence electrons. The first-order valence-electron chi connectivity index (χ1n) is 5.74. The molecule has 0 heterocycles. The summed E-state index contributed by atoms with van der Waals surface area (Å²) < 4.78 is 5.88. The maximum absolute atomic E-state index is 5.88. The Morgan fingerprint density at radius 2 is 1.71 bits per heavy atom. The van der Waals surface area contributed by atoms with Gasteiger partial charge in [-0.1, -0.05) is 43.8 Å². The molecule has 0 aliphatic carbocycles. The van der Waals surface area contributed by atoms with Gasteiger partial charge >= 0.3 is 0 Å². The molecule has 0 aliphatic heterocycles. The van der Waals surface area contributed by atoms with Crippen LogP contribution in [-0.4, -0.2) is 11.6 Å². The molecule has 2 N–H and O–H groups in total. The summed E-state index contributed by atoms with van der Waals surface area (Å²) in [6.07, 6.45) is 0. The summed E-state index contributed by atoms with van der Waals surface area (Å²) in [6.45, 7) is 10.7. The predicted octanol–water partition coefficient (Wildman–Crippen LogP) is 3.30. The van der Waals surface area contributed by atoms with Gasteiger partial charge in [-0.25, -0.2) is 0 Å². The summed E-state index contributed by atoms with van der Waals surface area (Å²) in [6, 6.07) is 4.24. The van der Waals surface area contributed by atoms with Crippen molar-refractivity contribution in [2.75, 3.05) is 6.61 Å². The lowest BCUT2D eigenvalue weighted by molar-refractivity contribution is 0.234. The molecule has 3 heteroatoms. The lowest BCUT2D eigenvalue weighted by Gasteiger charge is -2.24. The summed E-state index contributed by atoms with van der Waals surface area (Å²) in [5.74, 6) is 0.944. The molecule has 0 spiro atoms. The van der Waals surface area contributed by atoms with Gasteiger partial charge in [0.1, 0.15) is 5.75 Å². The molecule has 2 nitrogen and oxygen atoms in total. The lowest BCUT2D eigenvalue weighted by Crippen LogP contribution is -2.35. The van der Waals surface area contributed by atoms with Gasteiger partial charge in [0.25, 0.3) is 0 Å². The van der Waals surface area contributed by atoms with Crippen molar-refractivity contribution in [2.45, 2.75) is 34.6 Å². The molecule has 0 amide bonds. The van der Waals surface area contributed by atoms with Gasteiger partial charge in [0, 0.05) is 5.41 Å². The molecule has 0 bridgehead atoms. The minimum absolute atomic E-state index is 0.279. The summed E-state index contributed by atoms with van der Waals surface area (Å²) in [4.78, 5) is 0.486. The fourth-order valence-corrected chi connectivity index (χ4v) is 1.78. The van der Waals surface area contributed by atoms with Crippen molar-refractivity contribution in [3.05, 3.63) is 28.8 Å². The Kier molecular flexibility index (Phi) is 4.15. The minimum atomic E-state index is -0.279. The normalized spacial score (nSPS) is 11.4. The Bertz CT molecular complexity index is 415. The van der Waals surface area contributed by atoms with E-state index in [1.807, 2.05) is 13.8 Å². The van der Waals surface area contributed by atoms with Crippen molar-refractivity contribution in [3.63, 3.8) is 0 Å². The summed E-state index contributed by atoms with van der Waals surface area (Å²) >= 11 is 5.03. The predicted molar refractivity (Wildman–Crippen MR) is 76.7 cm³/mol. The molecule has 0 saturated heterocycles. The van der Waals surface area contributed by atoms with E-state index in [9.17, 15) is 0 Å². The molecule has 0 radical (unpaired) electrons. The van der Waals surface area contributed by atoms with E-state index >= 15 is 0 Å². The first-order valence-corrected chi connectivity index (χ1v) is 6.15. The van der Waals surface area contributed by atoms with Gasteiger partial charge in [-0.3, -0.25) is 0 Å². The molecule has 0 aromatic heterocycles. The Labute approximate surface area is 109 Å². The average molecular weight is 251 g/mol. The highest BCUT2D eigenvalue weighted by atomic mass is 32.1. The molecule has 1 aromatic rings. The Morgan fingerprint density at radius 1 is 1.24 bits per heavy atom. The number of rotatable bonds is 4. The van der Waals surface area contributed by atoms with E-state index in [2.05, 4.69) is 32.9 Å². The van der Waals surface area contributed by atoms with Crippen LogP contribution in [0, 0.1) is 26.2 Å². The topological polar surface area (TPSA) is 35.2 Å². The van der Waals surface area contributed by atoms with Gasteiger partial charge in [0.15, 0.2) is 0 Å². The SMILES string of the molecule is Cc1cc(C)c(OCC(C)(C)C(N)=S)c(C)c1. The van der Waals surface area contributed by atoms with Crippen LogP contribution in [0.1, 0.15) is 30.5 Å². The summed E-state index contributed by atoms with van der Waals surface area (Å²) in [7, 11) is 0. The highest BCUT2D eigenvalue weighted by Gasteiger charge is 2.23. The molecule has 1 rings (SSSR count). The van der Waals surface area contributed by atoms with E-state index in [-0.39, 0.29) is 5.41 Å². The average Bonchev–Trinajstić information content (AvgIpc) is 2.15. The van der Waals surface area contributed by atoms with Crippen LogP contribution in [0.3, 0.4) is 0 Å². The number of thiocarbonyl (C=S) groups is 1. The summed E-state index contributed by atoms with van der Waals surface area (Å²) in [5.41, 5.74) is 8.97. The van der Waals surface area contributed by atoms with Gasteiger partial charge in [-0.2, -0.15) is 0 Å². The highest BCUT2D eigenvalue weighted by Crippen LogP contribution is 2.27. The molecule has 0 aliphatic rings. The number of ether oxygens (including phenoxy) is 1. The van der Waals surface area contributed by atoms with Crippen LogP contribution in [0.5, 0.6) is 5.75 Å². The minimum Gasteiger partial charge on any atom is -0.492 e. The molecule has 0 atom stereocenters. The van der Waals surface area contributed by atoms with Crippen LogP contribution in [-0.2, 0) is 0 Å². The second-order valence-electron chi connectivity index (χ2n) is 5.26. The third-order valence-corrected chi connectivity index (χ3v) is 3.40. The van der Waals surface area contributed by atoms with Crippen molar-refractivity contribution >= 4 is 17.2 Å². The molecule has 1 aromatic carbocycles. The Hall–Kier alpha value is -1.09. The van der Waals surface area contributed by atoms with Gasteiger partial charge in [0.2, 0.25) is 0 Å². The number of hydrogen-bond donors (Lipinski definition) is 1. The van der Waals surface area contributed by atoms with E-state index < -0.39 is 0 Å². The van der Waals surface area contributed by atoms with Crippen LogP contribution < -0.4 is 10.5 Å². The largest absolute Gasteiger partial charge is 0.492 e. The Balaban J connectivity index is 2.87. The molecule has 0 unspecified atom stereocenters. The second kappa shape index (κ2) is 5.05. The number of hydrogen-bond acceptors (Lipinski definition) is 2. The van der Waals surface area contributed by atoms with Crippen molar-refractivity contribution in [3.8, 4) is 5.75 Å². The smallest absolute Gasteiger partial charge is 0.125 e. The maximum Gasteiger partial charge on any atom is 0.125 e. The first kappa shape index (κ1) is 14.0. The van der Waals surface area contributed by atoms with E-state index in [0.29, 0.717) is 11.6 Å². The molecule has 0 fully saturated rings. The van der Waals surface area contributed by atoms with Gasteiger partial charge in [-0.15, -0.1) is 0 Å². The first-order chi connectivity index (χ1) is 7.74. The van der Waals surface area contributed by atoms with Crippen LogP contribution in [0.15, 0.2) is 12.1 Å². The third kappa shape index (κ3) is 3.43. The third-order valence-electron chi connectivity index (χ3n) is 2.85. The van der Waals surface area contributed by atoms with Crippen molar-refractivity contribution in [1.29, 1.82) is 0 Å². The lowest BCUT2D eigenvalue weighted by atomic mass is 9.95. The standard InChI is InChI=1S/C14H21NOS/c1-9-6-10(2)12(11(3)7-9)16-8-14(4,5)13(15)17/h6-7H,8H2,1-5H3,(H2,15,17). The van der Waals surface area contributed by atoms with Gasteiger partial charge in [0.05, 0.1) is 11.6 Å². The van der Waals surface area contributed by atoms with Crippen LogP contribution in [0.4, 0.5) is 0 Å². The molecule has 0 saturated carbocycles. The zero-order valence-electron chi connectivity index (χ0n) is 11.3. The van der Waals surface area contributed by atoms with Crippen LogP contribution in [0.25, 0.3) is 0 Å². The Morgan fingerprint density at radius 3 is 2.12 bits per heavy atom. The van der Waals surface area contributed by atoms with E-state index in [1.165, 1.54) is 5.56 Å². The zero-order chi connectivity index (χ0) is 13.2. The number of nitrogens with two attached hydrogens (primary N) is 1. The number of benzene rings is 1. The second-order valence-corrected chi connectivity index (χ2v) is 5.70. The van der Waals surface area contributed by atoms with Crippen molar-refractivity contribution in [2.24, 2.45) is 11.1 Å². The quantitative estimate of drug-likeness (QED) is 0.834.